The quantitative estimate of drug-likeness (QED) is 0.745. The summed E-state index contributed by atoms with van der Waals surface area (Å²) < 4.78 is 5.29. The third-order valence-electron chi connectivity index (χ3n) is 4.30. The van der Waals surface area contributed by atoms with Crippen LogP contribution in [0.5, 0.6) is 5.75 Å². The van der Waals surface area contributed by atoms with Crippen LogP contribution in [0.1, 0.15) is 11.3 Å². The molecule has 2 N–H and O–H groups in total. The van der Waals surface area contributed by atoms with E-state index in [0.29, 0.717) is 0 Å². The maximum Gasteiger partial charge on any atom is 0.414 e. The van der Waals surface area contributed by atoms with E-state index in [9.17, 15) is 0 Å². The van der Waals surface area contributed by atoms with Crippen LogP contribution in [0.2, 0.25) is 0 Å². The highest BCUT2D eigenvalue weighted by Crippen LogP contribution is 2.15. The molecule has 1 aliphatic heterocycles. The fraction of sp³-hybridized carbons (Fsp3) is 0.350. The van der Waals surface area contributed by atoms with Gasteiger partial charge in [0.25, 0.3) is 0 Å². The molecule has 0 atom stereocenters. The number of pyridine rings is 1. The molecule has 1 aliphatic rings. The minimum absolute atomic E-state index is 0.936. The van der Waals surface area contributed by atoms with Crippen molar-refractivity contribution >= 4 is 11.9 Å². The maximum absolute atomic E-state index is 9.10. The van der Waals surface area contributed by atoms with Crippen molar-refractivity contribution in [2.45, 2.75) is 13.1 Å². The van der Waals surface area contributed by atoms with Crippen LogP contribution >= 0.6 is 0 Å². The van der Waals surface area contributed by atoms with Crippen LogP contribution in [0.15, 0.2) is 48.7 Å². The SMILES string of the molecule is COc1cccc(CN2CCN(Cc3ccccn3)CC2)c1.O=C(O)C(=O)O. The Bertz CT molecular complexity index is 749. The van der Waals surface area contributed by atoms with E-state index in [0.717, 1.165) is 50.7 Å². The van der Waals surface area contributed by atoms with Crippen LogP contribution in [-0.2, 0) is 22.7 Å². The average molecular weight is 387 g/mol. The number of hydrogen-bond acceptors (Lipinski definition) is 6. The Labute approximate surface area is 164 Å². The first-order chi connectivity index (χ1) is 13.5. The van der Waals surface area contributed by atoms with Crippen molar-refractivity contribution in [2.75, 3.05) is 33.3 Å². The molecule has 0 spiro atoms. The summed E-state index contributed by atoms with van der Waals surface area (Å²) in [7, 11) is 1.72. The summed E-state index contributed by atoms with van der Waals surface area (Å²) in [5, 5.41) is 14.8. The summed E-state index contributed by atoms with van der Waals surface area (Å²) >= 11 is 0. The summed E-state index contributed by atoms with van der Waals surface area (Å²) in [6.07, 6.45) is 1.87. The Hall–Kier alpha value is -2.97. The molecule has 0 saturated carbocycles. The highest BCUT2D eigenvalue weighted by Gasteiger charge is 2.17. The number of ether oxygens (including phenoxy) is 1. The molecule has 0 aliphatic carbocycles. The van der Waals surface area contributed by atoms with E-state index in [4.69, 9.17) is 24.5 Å². The van der Waals surface area contributed by atoms with Gasteiger partial charge in [-0.25, -0.2) is 9.59 Å². The highest BCUT2D eigenvalue weighted by molar-refractivity contribution is 6.27. The Balaban J connectivity index is 0.000000409. The smallest absolute Gasteiger partial charge is 0.414 e. The molecular formula is C20H25N3O5. The van der Waals surface area contributed by atoms with Gasteiger partial charge in [0, 0.05) is 45.5 Å². The van der Waals surface area contributed by atoms with Gasteiger partial charge in [-0.15, -0.1) is 0 Å². The number of aliphatic carboxylic acids is 2. The van der Waals surface area contributed by atoms with Gasteiger partial charge in [-0.2, -0.15) is 0 Å². The molecule has 2 heterocycles. The zero-order valence-corrected chi connectivity index (χ0v) is 15.8. The van der Waals surface area contributed by atoms with E-state index in [1.807, 2.05) is 18.3 Å². The molecule has 2 aromatic rings. The predicted octanol–water partition coefficient (Wildman–Crippen LogP) is 1.56. The Kier molecular flexibility index (Phi) is 8.38. The number of carboxylic acid groups (broad SMARTS) is 2. The summed E-state index contributed by atoms with van der Waals surface area (Å²) in [5.41, 5.74) is 2.47. The Morgan fingerprint density at radius 1 is 0.964 bits per heavy atom. The van der Waals surface area contributed by atoms with Crippen LogP contribution in [0, 0.1) is 0 Å². The van der Waals surface area contributed by atoms with Gasteiger partial charge < -0.3 is 14.9 Å². The first kappa shape index (κ1) is 21.3. The van der Waals surface area contributed by atoms with E-state index < -0.39 is 11.9 Å². The number of carbonyl (C=O) groups is 2. The summed E-state index contributed by atoms with van der Waals surface area (Å²) in [6.45, 7) is 6.34. The van der Waals surface area contributed by atoms with Crippen molar-refractivity contribution < 1.29 is 24.5 Å². The van der Waals surface area contributed by atoms with Gasteiger partial charge in [-0.3, -0.25) is 14.8 Å². The van der Waals surface area contributed by atoms with Crippen LogP contribution in [0.4, 0.5) is 0 Å². The summed E-state index contributed by atoms with van der Waals surface area (Å²) in [6, 6.07) is 14.5. The lowest BCUT2D eigenvalue weighted by molar-refractivity contribution is -0.159. The van der Waals surface area contributed by atoms with Gasteiger partial charge in [0.2, 0.25) is 0 Å². The minimum atomic E-state index is -1.82. The van der Waals surface area contributed by atoms with Crippen molar-refractivity contribution in [1.82, 2.24) is 14.8 Å². The van der Waals surface area contributed by atoms with Crippen molar-refractivity contribution in [2.24, 2.45) is 0 Å². The second-order valence-corrected chi connectivity index (χ2v) is 6.34. The maximum atomic E-state index is 9.10. The van der Waals surface area contributed by atoms with Gasteiger partial charge >= 0.3 is 11.9 Å². The van der Waals surface area contributed by atoms with E-state index in [1.165, 1.54) is 5.56 Å². The number of hydrogen-bond donors (Lipinski definition) is 2. The molecule has 0 unspecified atom stereocenters. The molecule has 8 heteroatoms. The fourth-order valence-electron chi connectivity index (χ4n) is 2.86. The lowest BCUT2D eigenvalue weighted by atomic mass is 10.2. The second-order valence-electron chi connectivity index (χ2n) is 6.34. The molecule has 1 saturated heterocycles. The lowest BCUT2D eigenvalue weighted by Gasteiger charge is -2.34. The number of methoxy groups -OCH3 is 1. The van der Waals surface area contributed by atoms with Crippen LogP contribution < -0.4 is 4.74 Å². The molecular weight excluding hydrogens is 362 g/mol. The number of aromatic nitrogens is 1. The van der Waals surface area contributed by atoms with Crippen molar-refractivity contribution in [3.63, 3.8) is 0 Å². The molecule has 0 radical (unpaired) electrons. The molecule has 1 aromatic heterocycles. The van der Waals surface area contributed by atoms with Gasteiger partial charge in [-0.05, 0) is 29.8 Å². The standard InChI is InChI=1S/C18H23N3O.C2H2O4/c1-22-18-7-4-5-16(13-18)14-20-9-11-21(12-10-20)15-17-6-2-3-8-19-17;3-1(4)2(5)6/h2-8,13H,9-12,14-15H2,1H3;(H,3,4)(H,5,6). The highest BCUT2D eigenvalue weighted by atomic mass is 16.5. The normalized spacial score (nSPS) is 14.6. The average Bonchev–Trinajstić information content (AvgIpc) is 2.71. The van der Waals surface area contributed by atoms with Crippen molar-refractivity contribution in [1.29, 1.82) is 0 Å². The van der Waals surface area contributed by atoms with Crippen molar-refractivity contribution in [3.8, 4) is 5.75 Å². The van der Waals surface area contributed by atoms with E-state index in [-0.39, 0.29) is 0 Å². The lowest BCUT2D eigenvalue weighted by Crippen LogP contribution is -2.45. The molecule has 3 rings (SSSR count). The molecule has 0 amide bonds. The largest absolute Gasteiger partial charge is 0.497 e. The molecule has 1 fully saturated rings. The van der Waals surface area contributed by atoms with Gasteiger partial charge in [0.15, 0.2) is 0 Å². The summed E-state index contributed by atoms with van der Waals surface area (Å²) in [5.74, 6) is -2.71. The predicted molar refractivity (Wildman–Crippen MR) is 103 cm³/mol. The van der Waals surface area contributed by atoms with E-state index in [2.05, 4.69) is 45.1 Å². The zero-order valence-electron chi connectivity index (χ0n) is 15.8. The zero-order chi connectivity index (χ0) is 20.4. The minimum Gasteiger partial charge on any atom is -0.497 e. The van der Waals surface area contributed by atoms with Gasteiger partial charge in [0.1, 0.15) is 5.75 Å². The molecule has 28 heavy (non-hydrogen) atoms. The monoisotopic (exact) mass is 387 g/mol. The molecule has 1 aromatic carbocycles. The molecule has 0 bridgehead atoms. The van der Waals surface area contributed by atoms with Crippen LogP contribution in [0.3, 0.4) is 0 Å². The topological polar surface area (TPSA) is 103 Å². The number of carboxylic acids is 2. The first-order valence-corrected chi connectivity index (χ1v) is 8.91. The third-order valence-corrected chi connectivity index (χ3v) is 4.30. The van der Waals surface area contributed by atoms with E-state index in [1.54, 1.807) is 7.11 Å². The number of nitrogens with zero attached hydrogens (tertiary/aromatic N) is 3. The molecule has 8 nitrogen and oxygen atoms in total. The van der Waals surface area contributed by atoms with E-state index >= 15 is 0 Å². The second kappa shape index (κ2) is 11.0. The van der Waals surface area contributed by atoms with Crippen LogP contribution in [-0.4, -0.2) is 70.2 Å². The molecule has 150 valence electrons. The van der Waals surface area contributed by atoms with Gasteiger partial charge in [0.05, 0.1) is 12.8 Å². The summed E-state index contributed by atoms with van der Waals surface area (Å²) in [4.78, 5) is 27.6. The van der Waals surface area contributed by atoms with Crippen LogP contribution in [0.25, 0.3) is 0 Å². The van der Waals surface area contributed by atoms with Crippen molar-refractivity contribution in [3.05, 3.63) is 59.9 Å². The Morgan fingerprint density at radius 2 is 1.61 bits per heavy atom. The first-order valence-electron chi connectivity index (χ1n) is 8.91. The number of piperazine rings is 1. The Morgan fingerprint density at radius 3 is 2.14 bits per heavy atom. The number of rotatable bonds is 5. The fourth-order valence-corrected chi connectivity index (χ4v) is 2.86. The third kappa shape index (κ3) is 7.34. The number of benzene rings is 1. The van der Waals surface area contributed by atoms with Gasteiger partial charge in [-0.1, -0.05) is 18.2 Å².